The predicted molar refractivity (Wildman–Crippen MR) is 75.8 cm³/mol. The third-order valence-electron chi connectivity index (χ3n) is 3.27. The van der Waals surface area contributed by atoms with Crippen LogP contribution in [0.2, 0.25) is 0 Å². The highest BCUT2D eigenvalue weighted by Gasteiger charge is 2.11. The lowest BCUT2D eigenvalue weighted by atomic mass is 10.00. The number of amides is 1. The van der Waals surface area contributed by atoms with Crippen molar-refractivity contribution in [2.75, 3.05) is 13.2 Å². The molecule has 0 aliphatic carbocycles. The standard InChI is InChI=1S/C15H24N2O2/c1-3-5-13(7-9-18)11-17-15(19)10-14-12(2)6-4-8-16-14/h4,6,8,13,18H,3,5,7,9-11H2,1-2H3,(H,17,19). The van der Waals surface area contributed by atoms with Gasteiger partial charge in [-0.1, -0.05) is 19.4 Å². The van der Waals surface area contributed by atoms with Crippen molar-refractivity contribution in [1.29, 1.82) is 0 Å². The number of hydrogen-bond donors (Lipinski definition) is 2. The molecule has 0 saturated carbocycles. The first-order chi connectivity index (χ1) is 9.17. The van der Waals surface area contributed by atoms with Crippen molar-refractivity contribution in [1.82, 2.24) is 10.3 Å². The molecule has 19 heavy (non-hydrogen) atoms. The van der Waals surface area contributed by atoms with Crippen LogP contribution >= 0.6 is 0 Å². The molecule has 1 heterocycles. The molecule has 4 heteroatoms. The number of carbonyl (C=O) groups is 1. The van der Waals surface area contributed by atoms with E-state index in [0.29, 0.717) is 18.9 Å². The summed E-state index contributed by atoms with van der Waals surface area (Å²) in [6.07, 6.45) is 4.88. The van der Waals surface area contributed by atoms with Gasteiger partial charge < -0.3 is 10.4 Å². The maximum Gasteiger partial charge on any atom is 0.226 e. The largest absolute Gasteiger partial charge is 0.396 e. The van der Waals surface area contributed by atoms with Gasteiger partial charge in [-0.15, -0.1) is 0 Å². The van der Waals surface area contributed by atoms with Crippen LogP contribution in [0.5, 0.6) is 0 Å². The van der Waals surface area contributed by atoms with E-state index in [9.17, 15) is 4.79 Å². The van der Waals surface area contributed by atoms with Crippen LogP contribution in [-0.2, 0) is 11.2 Å². The number of pyridine rings is 1. The number of nitrogens with one attached hydrogen (secondary N) is 1. The Morgan fingerprint density at radius 2 is 2.26 bits per heavy atom. The summed E-state index contributed by atoms with van der Waals surface area (Å²) in [6.45, 7) is 4.89. The van der Waals surface area contributed by atoms with Crippen molar-refractivity contribution in [2.24, 2.45) is 5.92 Å². The summed E-state index contributed by atoms with van der Waals surface area (Å²) in [6, 6.07) is 3.83. The van der Waals surface area contributed by atoms with Crippen molar-refractivity contribution in [3.8, 4) is 0 Å². The van der Waals surface area contributed by atoms with Crippen LogP contribution in [0.1, 0.15) is 37.4 Å². The fourth-order valence-corrected chi connectivity index (χ4v) is 2.12. The molecular formula is C15H24N2O2. The second-order valence-electron chi connectivity index (χ2n) is 4.91. The van der Waals surface area contributed by atoms with Gasteiger partial charge in [0.05, 0.1) is 12.1 Å². The van der Waals surface area contributed by atoms with Gasteiger partial charge in [0.1, 0.15) is 0 Å². The lowest BCUT2D eigenvalue weighted by Gasteiger charge is -2.15. The second kappa shape index (κ2) is 8.64. The molecule has 106 valence electrons. The molecule has 0 aromatic carbocycles. The number of aromatic nitrogens is 1. The van der Waals surface area contributed by atoms with Crippen molar-refractivity contribution in [3.63, 3.8) is 0 Å². The van der Waals surface area contributed by atoms with Crippen LogP contribution in [0.25, 0.3) is 0 Å². The number of aliphatic hydroxyl groups excluding tert-OH is 1. The molecule has 0 fully saturated rings. The number of aliphatic hydroxyl groups is 1. The minimum atomic E-state index is 0.000780. The topological polar surface area (TPSA) is 62.2 Å². The van der Waals surface area contributed by atoms with E-state index in [1.165, 1.54) is 0 Å². The van der Waals surface area contributed by atoms with Gasteiger partial charge in [0.25, 0.3) is 0 Å². The smallest absolute Gasteiger partial charge is 0.226 e. The molecule has 0 aliphatic rings. The molecular weight excluding hydrogens is 240 g/mol. The molecule has 1 rings (SSSR count). The van der Waals surface area contributed by atoms with Crippen LogP contribution in [0.3, 0.4) is 0 Å². The average molecular weight is 264 g/mol. The van der Waals surface area contributed by atoms with E-state index in [0.717, 1.165) is 30.5 Å². The summed E-state index contributed by atoms with van der Waals surface area (Å²) >= 11 is 0. The fourth-order valence-electron chi connectivity index (χ4n) is 2.12. The van der Waals surface area contributed by atoms with Crippen LogP contribution in [-0.4, -0.2) is 29.1 Å². The predicted octanol–water partition coefficient (Wildman–Crippen LogP) is 1.85. The third kappa shape index (κ3) is 5.83. The van der Waals surface area contributed by atoms with Crippen molar-refractivity contribution in [3.05, 3.63) is 29.6 Å². The number of aryl methyl sites for hydroxylation is 1. The molecule has 1 aromatic heterocycles. The highest BCUT2D eigenvalue weighted by molar-refractivity contribution is 5.78. The maximum atomic E-state index is 11.9. The molecule has 0 saturated heterocycles. The quantitative estimate of drug-likeness (QED) is 0.753. The fraction of sp³-hybridized carbons (Fsp3) is 0.600. The van der Waals surface area contributed by atoms with Gasteiger partial charge in [-0.25, -0.2) is 0 Å². The minimum absolute atomic E-state index is 0.000780. The van der Waals surface area contributed by atoms with Crippen LogP contribution in [0.4, 0.5) is 0 Å². The zero-order valence-electron chi connectivity index (χ0n) is 11.9. The number of carbonyl (C=O) groups excluding carboxylic acids is 1. The first-order valence-corrected chi connectivity index (χ1v) is 6.95. The van der Waals surface area contributed by atoms with Gasteiger partial charge in [0, 0.05) is 19.3 Å². The second-order valence-corrected chi connectivity index (χ2v) is 4.91. The maximum absolute atomic E-state index is 11.9. The lowest BCUT2D eigenvalue weighted by Crippen LogP contribution is -2.31. The van der Waals surface area contributed by atoms with Crippen LogP contribution in [0, 0.1) is 12.8 Å². The Bertz CT molecular complexity index is 387. The Morgan fingerprint density at radius 3 is 2.89 bits per heavy atom. The van der Waals surface area contributed by atoms with Crippen LogP contribution < -0.4 is 5.32 Å². The highest BCUT2D eigenvalue weighted by Crippen LogP contribution is 2.09. The summed E-state index contributed by atoms with van der Waals surface area (Å²) in [5.41, 5.74) is 1.87. The first-order valence-electron chi connectivity index (χ1n) is 6.95. The Kier molecular flexibility index (Phi) is 7.11. The van der Waals surface area contributed by atoms with Gasteiger partial charge in [-0.2, -0.15) is 0 Å². The van der Waals surface area contributed by atoms with Crippen LogP contribution in [0.15, 0.2) is 18.3 Å². The summed E-state index contributed by atoms with van der Waals surface area (Å²) in [5, 5.41) is 11.9. The summed E-state index contributed by atoms with van der Waals surface area (Å²) < 4.78 is 0. The molecule has 1 unspecified atom stereocenters. The average Bonchev–Trinajstić information content (AvgIpc) is 2.39. The molecule has 0 spiro atoms. The van der Waals surface area contributed by atoms with E-state index in [2.05, 4.69) is 17.2 Å². The molecule has 2 N–H and O–H groups in total. The lowest BCUT2D eigenvalue weighted by molar-refractivity contribution is -0.120. The Hall–Kier alpha value is -1.42. The zero-order chi connectivity index (χ0) is 14.1. The van der Waals surface area contributed by atoms with Crippen molar-refractivity contribution < 1.29 is 9.90 Å². The van der Waals surface area contributed by atoms with Crippen molar-refractivity contribution >= 4 is 5.91 Å². The number of rotatable bonds is 8. The van der Waals surface area contributed by atoms with Crippen molar-refractivity contribution in [2.45, 2.75) is 39.5 Å². The van der Waals surface area contributed by atoms with Gasteiger partial charge >= 0.3 is 0 Å². The van der Waals surface area contributed by atoms with E-state index in [1.807, 2.05) is 19.1 Å². The molecule has 0 radical (unpaired) electrons. The van der Waals surface area contributed by atoms with E-state index >= 15 is 0 Å². The van der Waals surface area contributed by atoms with Gasteiger partial charge in [-0.05, 0) is 37.3 Å². The van der Waals surface area contributed by atoms with Gasteiger partial charge in [0.15, 0.2) is 0 Å². The Balaban J connectivity index is 2.40. The van der Waals surface area contributed by atoms with Gasteiger partial charge in [0.2, 0.25) is 5.91 Å². The van der Waals surface area contributed by atoms with E-state index in [-0.39, 0.29) is 12.5 Å². The molecule has 0 bridgehead atoms. The summed E-state index contributed by atoms with van der Waals surface area (Å²) in [7, 11) is 0. The summed E-state index contributed by atoms with van der Waals surface area (Å²) in [4.78, 5) is 16.1. The normalized spacial score (nSPS) is 12.2. The Morgan fingerprint density at radius 1 is 1.47 bits per heavy atom. The van der Waals surface area contributed by atoms with E-state index < -0.39 is 0 Å². The molecule has 1 aromatic rings. The van der Waals surface area contributed by atoms with E-state index in [1.54, 1.807) is 6.20 Å². The summed E-state index contributed by atoms with van der Waals surface area (Å²) in [5.74, 6) is 0.365. The van der Waals surface area contributed by atoms with E-state index in [4.69, 9.17) is 5.11 Å². The molecule has 4 nitrogen and oxygen atoms in total. The monoisotopic (exact) mass is 264 g/mol. The van der Waals surface area contributed by atoms with Gasteiger partial charge in [-0.3, -0.25) is 9.78 Å². The first kappa shape index (κ1) is 15.6. The molecule has 0 aliphatic heterocycles. The highest BCUT2D eigenvalue weighted by atomic mass is 16.3. The minimum Gasteiger partial charge on any atom is -0.396 e. The zero-order valence-corrected chi connectivity index (χ0v) is 11.9. The Labute approximate surface area is 115 Å². The SMILES string of the molecule is CCCC(CCO)CNC(=O)Cc1ncccc1C. The number of hydrogen-bond acceptors (Lipinski definition) is 3. The third-order valence-corrected chi connectivity index (χ3v) is 3.27. The number of nitrogens with zero attached hydrogens (tertiary/aromatic N) is 1. The molecule has 1 atom stereocenters. The molecule has 1 amide bonds.